The van der Waals surface area contributed by atoms with E-state index in [4.69, 9.17) is 9.26 Å². The molecule has 0 bridgehead atoms. The van der Waals surface area contributed by atoms with E-state index in [2.05, 4.69) is 25.2 Å². The first-order valence-electron chi connectivity index (χ1n) is 9.07. The number of hydrogen-bond acceptors (Lipinski definition) is 6. The highest BCUT2D eigenvalue weighted by atomic mass is 19.1. The normalized spacial score (nSPS) is 22.4. The Kier molecular flexibility index (Phi) is 3.94. The number of aromatic amines is 1. The van der Waals surface area contributed by atoms with E-state index in [-0.39, 0.29) is 17.6 Å². The average Bonchev–Trinajstić information content (AvgIpc) is 3.42. The fourth-order valence-electron chi connectivity index (χ4n) is 4.09. The number of H-pyrrole nitrogens is 1. The lowest BCUT2D eigenvalue weighted by molar-refractivity contribution is 0.0417. The van der Waals surface area contributed by atoms with Gasteiger partial charge in [0, 0.05) is 31.2 Å². The van der Waals surface area contributed by atoms with Crippen molar-refractivity contribution in [2.75, 3.05) is 26.3 Å². The number of halogens is 1. The maximum absolute atomic E-state index is 14.4. The Hall–Kier alpha value is -2.32. The number of ether oxygens (including phenoxy) is 1. The zero-order chi connectivity index (χ0) is 17.5. The van der Waals surface area contributed by atoms with Gasteiger partial charge in [-0.05, 0) is 37.9 Å². The van der Waals surface area contributed by atoms with Crippen LogP contribution in [-0.2, 0) is 4.74 Å². The number of aromatic nitrogens is 4. The van der Waals surface area contributed by atoms with Gasteiger partial charge in [0.15, 0.2) is 0 Å². The molecule has 0 spiro atoms. The van der Waals surface area contributed by atoms with Gasteiger partial charge in [0.05, 0.1) is 23.2 Å². The molecule has 1 atom stereocenters. The van der Waals surface area contributed by atoms with Gasteiger partial charge >= 0.3 is 0 Å². The first kappa shape index (κ1) is 15.9. The molecule has 1 aromatic carbocycles. The molecule has 2 aliphatic heterocycles. The van der Waals surface area contributed by atoms with Gasteiger partial charge in [0.1, 0.15) is 5.82 Å². The second kappa shape index (κ2) is 6.44. The van der Waals surface area contributed by atoms with Crippen LogP contribution in [0.4, 0.5) is 4.39 Å². The van der Waals surface area contributed by atoms with Gasteiger partial charge < -0.3 is 9.26 Å². The molecule has 0 amide bonds. The van der Waals surface area contributed by atoms with Gasteiger partial charge in [-0.3, -0.25) is 10.00 Å². The van der Waals surface area contributed by atoms with Crippen LogP contribution in [0.2, 0.25) is 0 Å². The number of nitrogens with zero attached hydrogens (tertiary/aromatic N) is 4. The minimum Gasteiger partial charge on any atom is -0.381 e. The Bertz CT molecular complexity index is 917. The molecule has 4 heterocycles. The second-order valence-corrected chi connectivity index (χ2v) is 7.03. The number of nitrogens with one attached hydrogen (secondary N) is 1. The smallest absolute Gasteiger partial charge is 0.231 e. The summed E-state index contributed by atoms with van der Waals surface area (Å²) in [5, 5.41) is 11.5. The van der Waals surface area contributed by atoms with Crippen molar-refractivity contribution in [2.24, 2.45) is 0 Å². The number of hydrogen-bond donors (Lipinski definition) is 1. The van der Waals surface area contributed by atoms with E-state index in [9.17, 15) is 4.39 Å². The molecule has 2 fully saturated rings. The molecule has 0 aliphatic carbocycles. The summed E-state index contributed by atoms with van der Waals surface area (Å²) in [6.45, 7) is 3.61. The van der Waals surface area contributed by atoms with Gasteiger partial charge in [-0.1, -0.05) is 5.16 Å². The fraction of sp³-hybridized carbons (Fsp3) is 0.500. The van der Waals surface area contributed by atoms with Crippen molar-refractivity contribution in [3.05, 3.63) is 30.0 Å². The minimum atomic E-state index is -0.374. The lowest BCUT2D eigenvalue weighted by atomic mass is 10.1. The highest BCUT2D eigenvalue weighted by Gasteiger charge is 2.33. The summed E-state index contributed by atoms with van der Waals surface area (Å²) in [6, 6.07) is 3.63. The van der Waals surface area contributed by atoms with Crippen LogP contribution in [0.25, 0.3) is 22.3 Å². The molecule has 2 saturated heterocycles. The van der Waals surface area contributed by atoms with Crippen molar-refractivity contribution in [1.82, 2.24) is 25.2 Å². The Morgan fingerprint density at radius 2 is 2.08 bits per heavy atom. The molecule has 26 heavy (non-hydrogen) atoms. The summed E-state index contributed by atoms with van der Waals surface area (Å²) < 4.78 is 25.4. The number of fused-ring (bicyclic) bond motifs is 1. The topological polar surface area (TPSA) is 80.1 Å². The van der Waals surface area contributed by atoms with Gasteiger partial charge in [0.2, 0.25) is 11.7 Å². The Balaban J connectivity index is 1.39. The zero-order valence-electron chi connectivity index (χ0n) is 14.3. The van der Waals surface area contributed by atoms with Crippen LogP contribution in [0.5, 0.6) is 0 Å². The molecular weight excluding hydrogens is 337 g/mol. The molecule has 2 aliphatic rings. The average molecular weight is 357 g/mol. The molecule has 0 saturated carbocycles. The third kappa shape index (κ3) is 2.69. The van der Waals surface area contributed by atoms with Crippen LogP contribution < -0.4 is 0 Å². The number of rotatable bonds is 3. The van der Waals surface area contributed by atoms with Gasteiger partial charge in [-0.25, -0.2) is 4.39 Å². The van der Waals surface area contributed by atoms with Crippen LogP contribution in [0, 0.1) is 5.82 Å². The molecular formula is C18H20FN5O2. The van der Waals surface area contributed by atoms with E-state index >= 15 is 0 Å². The van der Waals surface area contributed by atoms with E-state index < -0.39 is 0 Å². The highest BCUT2D eigenvalue weighted by Crippen LogP contribution is 2.33. The minimum absolute atomic E-state index is 0.200. The van der Waals surface area contributed by atoms with E-state index in [0.29, 0.717) is 22.9 Å². The molecule has 1 unspecified atom stereocenters. The van der Waals surface area contributed by atoms with E-state index in [1.807, 2.05) is 0 Å². The van der Waals surface area contributed by atoms with Crippen molar-refractivity contribution >= 4 is 10.9 Å². The predicted molar refractivity (Wildman–Crippen MR) is 92.1 cm³/mol. The maximum atomic E-state index is 14.4. The monoisotopic (exact) mass is 357 g/mol. The van der Waals surface area contributed by atoms with Gasteiger partial charge in [0.25, 0.3) is 0 Å². The van der Waals surface area contributed by atoms with Crippen molar-refractivity contribution < 1.29 is 13.7 Å². The number of likely N-dealkylation sites (tertiary alicyclic amines) is 1. The van der Waals surface area contributed by atoms with Crippen LogP contribution >= 0.6 is 0 Å². The summed E-state index contributed by atoms with van der Waals surface area (Å²) >= 11 is 0. The van der Waals surface area contributed by atoms with Gasteiger partial charge in [-0.15, -0.1) is 0 Å². The van der Waals surface area contributed by atoms with E-state index in [1.165, 1.54) is 6.07 Å². The van der Waals surface area contributed by atoms with E-state index in [1.54, 1.807) is 12.3 Å². The summed E-state index contributed by atoms with van der Waals surface area (Å²) in [5.41, 5.74) is 1.09. The molecule has 136 valence electrons. The summed E-state index contributed by atoms with van der Waals surface area (Å²) in [4.78, 5) is 7.02. The Morgan fingerprint density at radius 1 is 1.19 bits per heavy atom. The molecule has 1 N–H and O–H groups in total. The SMILES string of the molecule is Fc1ccc2[nH]ncc2c1-c1noc(C2CCN(C3CCOCC3)C2)n1. The predicted octanol–water partition coefficient (Wildman–Crippen LogP) is 2.72. The van der Waals surface area contributed by atoms with Crippen LogP contribution in [0.15, 0.2) is 22.9 Å². The second-order valence-electron chi connectivity index (χ2n) is 7.03. The van der Waals surface area contributed by atoms with Crippen LogP contribution in [0.1, 0.15) is 31.1 Å². The quantitative estimate of drug-likeness (QED) is 0.776. The van der Waals surface area contributed by atoms with Gasteiger partial charge in [-0.2, -0.15) is 10.1 Å². The van der Waals surface area contributed by atoms with Crippen molar-refractivity contribution in [1.29, 1.82) is 0 Å². The summed E-state index contributed by atoms with van der Waals surface area (Å²) in [6.07, 6.45) is 4.73. The lowest BCUT2D eigenvalue weighted by Gasteiger charge is -2.30. The third-order valence-electron chi connectivity index (χ3n) is 5.51. The molecule has 8 heteroatoms. The Labute approximate surface area is 149 Å². The standard InChI is InChI=1S/C18H20FN5O2/c19-14-1-2-15-13(9-20-22-15)16(14)17-21-18(26-23-17)11-3-6-24(10-11)12-4-7-25-8-5-12/h1-2,9,11-12H,3-8,10H2,(H,20,22). The number of benzene rings is 1. The zero-order valence-corrected chi connectivity index (χ0v) is 14.3. The largest absolute Gasteiger partial charge is 0.381 e. The molecule has 3 aromatic rings. The summed E-state index contributed by atoms with van der Waals surface area (Å²) in [7, 11) is 0. The molecule has 7 nitrogen and oxygen atoms in total. The molecule has 5 rings (SSSR count). The fourth-order valence-corrected chi connectivity index (χ4v) is 4.09. The lowest BCUT2D eigenvalue weighted by Crippen LogP contribution is -2.37. The molecule has 2 aromatic heterocycles. The first-order valence-corrected chi connectivity index (χ1v) is 9.07. The maximum Gasteiger partial charge on any atom is 0.231 e. The van der Waals surface area contributed by atoms with Crippen LogP contribution in [-0.4, -0.2) is 57.6 Å². The van der Waals surface area contributed by atoms with Crippen molar-refractivity contribution in [2.45, 2.75) is 31.2 Å². The Morgan fingerprint density at radius 3 is 2.96 bits per heavy atom. The molecule has 0 radical (unpaired) electrons. The third-order valence-corrected chi connectivity index (χ3v) is 5.51. The first-order chi connectivity index (χ1) is 12.8. The summed E-state index contributed by atoms with van der Waals surface area (Å²) in [5.74, 6) is 0.704. The highest BCUT2D eigenvalue weighted by molar-refractivity contribution is 5.92. The van der Waals surface area contributed by atoms with Crippen molar-refractivity contribution in [3.8, 4) is 11.4 Å². The van der Waals surface area contributed by atoms with Crippen molar-refractivity contribution in [3.63, 3.8) is 0 Å². The van der Waals surface area contributed by atoms with E-state index in [0.717, 1.165) is 51.1 Å². The van der Waals surface area contributed by atoms with Crippen LogP contribution in [0.3, 0.4) is 0 Å².